The molecular formula is C16H23N3O2. The maximum atomic E-state index is 5.41. The molecule has 0 atom stereocenters. The highest BCUT2D eigenvalue weighted by Gasteiger charge is 2.30. The van der Waals surface area contributed by atoms with Gasteiger partial charge in [-0.15, -0.1) is 0 Å². The zero-order valence-electron chi connectivity index (χ0n) is 13.0. The van der Waals surface area contributed by atoms with Crippen molar-refractivity contribution in [1.82, 2.24) is 10.2 Å². The minimum absolute atomic E-state index is 0.316. The summed E-state index contributed by atoms with van der Waals surface area (Å²) in [6, 6.07) is 6.04. The number of aliphatic imine (C=N–C) groups is 1. The van der Waals surface area contributed by atoms with Crippen molar-refractivity contribution in [1.29, 1.82) is 0 Å². The zero-order valence-corrected chi connectivity index (χ0v) is 13.0. The fourth-order valence-electron chi connectivity index (χ4n) is 2.86. The van der Waals surface area contributed by atoms with Gasteiger partial charge >= 0.3 is 0 Å². The van der Waals surface area contributed by atoms with E-state index in [0.29, 0.717) is 12.2 Å². The van der Waals surface area contributed by atoms with Crippen molar-refractivity contribution in [2.24, 2.45) is 10.4 Å². The highest BCUT2D eigenvalue weighted by Crippen LogP contribution is 2.32. The second kappa shape index (κ2) is 5.47. The Morgan fingerprint density at radius 3 is 2.86 bits per heavy atom. The van der Waals surface area contributed by atoms with Crippen molar-refractivity contribution in [3.05, 3.63) is 23.8 Å². The minimum Gasteiger partial charge on any atom is -0.454 e. The smallest absolute Gasteiger partial charge is 0.231 e. The summed E-state index contributed by atoms with van der Waals surface area (Å²) >= 11 is 0. The van der Waals surface area contributed by atoms with Gasteiger partial charge < -0.3 is 19.7 Å². The molecule has 0 spiro atoms. The molecule has 0 aliphatic carbocycles. The van der Waals surface area contributed by atoms with Crippen LogP contribution in [0.25, 0.3) is 0 Å². The number of hydrogen-bond donors (Lipinski definition) is 1. The van der Waals surface area contributed by atoms with Crippen molar-refractivity contribution in [3.63, 3.8) is 0 Å². The first-order valence-electron chi connectivity index (χ1n) is 7.41. The summed E-state index contributed by atoms with van der Waals surface area (Å²) in [7, 11) is 1.84. The molecule has 2 aliphatic heterocycles. The molecule has 0 unspecified atom stereocenters. The lowest BCUT2D eigenvalue weighted by Crippen LogP contribution is -2.40. The molecule has 2 heterocycles. The quantitative estimate of drug-likeness (QED) is 0.670. The second-order valence-corrected chi connectivity index (χ2v) is 6.42. The topological polar surface area (TPSA) is 46.1 Å². The number of nitrogens with one attached hydrogen (secondary N) is 1. The Kier molecular flexibility index (Phi) is 3.66. The average molecular weight is 289 g/mol. The molecule has 5 heteroatoms. The fourth-order valence-corrected chi connectivity index (χ4v) is 2.86. The van der Waals surface area contributed by atoms with Crippen LogP contribution in [0.15, 0.2) is 23.2 Å². The lowest BCUT2D eigenvalue weighted by atomic mass is 9.93. The number of guanidine groups is 1. The Morgan fingerprint density at radius 2 is 2.14 bits per heavy atom. The van der Waals surface area contributed by atoms with Crippen LogP contribution in [0.3, 0.4) is 0 Å². The van der Waals surface area contributed by atoms with Gasteiger partial charge in [0.1, 0.15) is 0 Å². The van der Waals surface area contributed by atoms with E-state index >= 15 is 0 Å². The average Bonchev–Trinajstić information content (AvgIpc) is 3.05. The normalized spacial score (nSPS) is 20.0. The molecule has 0 radical (unpaired) electrons. The van der Waals surface area contributed by atoms with Crippen LogP contribution in [0.1, 0.15) is 25.8 Å². The van der Waals surface area contributed by atoms with Crippen LogP contribution in [0.5, 0.6) is 11.5 Å². The third-order valence-electron chi connectivity index (χ3n) is 4.08. The molecule has 0 aromatic heterocycles. The SMILES string of the molecule is CN=C(NCc1ccc2c(c1)OCO2)N1CCC(C)(C)C1. The number of hydrogen-bond acceptors (Lipinski definition) is 3. The van der Waals surface area contributed by atoms with Crippen molar-refractivity contribution in [2.45, 2.75) is 26.8 Å². The van der Waals surface area contributed by atoms with Crippen molar-refractivity contribution in [3.8, 4) is 11.5 Å². The van der Waals surface area contributed by atoms with Crippen LogP contribution in [0, 0.1) is 5.41 Å². The molecule has 2 aliphatic rings. The first-order valence-corrected chi connectivity index (χ1v) is 7.41. The molecule has 1 N–H and O–H groups in total. The lowest BCUT2D eigenvalue weighted by Gasteiger charge is -2.23. The third kappa shape index (κ3) is 3.06. The van der Waals surface area contributed by atoms with Gasteiger partial charge in [0.2, 0.25) is 6.79 Å². The van der Waals surface area contributed by atoms with Crippen molar-refractivity contribution in [2.75, 3.05) is 26.9 Å². The van der Waals surface area contributed by atoms with E-state index in [1.54, 1.807) is 0 Å². The number of nitrogens with zero attached hydrogens (tertiary/aromatic N) is 2. The number of benzene rings is 1. The zero-order chi connectivity index (χ0) is 14.9. The summed E-state index contributed by atoms with van der Waals surface area (Å²) < 4.78 is 10.7. The molecule has 1 aromatic carbocycles. The van der Waals surface area contributed by atoms with E-state index in [1.165, 1.54) is 12.0 Å². The predicted octanol–water partition coefficient (Wildman–Crippen LogP) is 2.22. The predicted molar refractivity (Wildman–Crippen MR) is 82.7 cm³/mol. The monoisotopic (exact) mass is 289 g/mol. The molecular weight excluding hydrogens is 266 g/mol. The van der Waals surface area contributed by atoms with Crippen LogP contribution in [-0.4, -0.2) is 37.8 Å². The van der Waals surface area contributed by atoms with E-state index in [-0.39, 0.29) is 0 Å². The Bertz CT molecular complexity index is 554. The summed E-state index contributed by atoms with van der Waals surface area (Å²) in [5.41, 5.74) is 1.54. The second-order valence-electron chi connectivity index (χ2n) is 6.42. The van der Waals surface area contributed by atoms with Gasteiger partial charge in [-0.2, -0.15) is 0 Å². The van der Waals surface area contributed by atoms with Gasteiger partial charge in [0, 0.05) is 26.7 Å². The lowest BCUT2D eigenvalue weighted by molar-refractivity contribution is 0.174. The number of fused-ring (bicyclic) bond motifs is 1. The van der Waals surface area contributed by atoms with Gasteiger partial charge in [0.05, 0.1) is 0 Å². The maximum absolute atomic E-state index is 5.41. The standard InChI is InChI=1S/C16H23N3O2/c1-16(2)6-7-19(10-16)15(17-3)18-9-12-4-5-13-14(8-12)21-11-20-13/h4-5,8H,6-7,9-11H2,1-3H3,(H,17,18). The van der Waals surface area contributed by atoms with E-state index < -0.39 is 0 Å². The maximum Gasteiger partial charge on any atom is 0.231 e. The molecule has 1 aromatic rings. The largest absolute Gasteiger partial charge is 0.454 e. The summed E-state index contributed by atoms with van der Waals surface area (Å²) in [5, 5.41) is 3.44. The summed E-state index contributed by atoms with van der Waals surface area (Å²) in [6.45, 7) is 7.77. The van der Waals surface area contributed by atoms with Gasteiger partial charge in [-0.3, -0.25) is 4.99 Å². The summed E-state index contributed by atoms with van der Waals surface area (Å²) in [4.78, 5) is 6.73. The molecule has 114 valence electrons. The first kappa shape index (κ1) is 14.0. The Morgan fingerprint density at radius 1 is 1.33 bits per heavy atom. The number of rotatable bonds is 2. The van der Waals surface area contributed by atoms with Gasteiger partial charge in [0.15, 0.2) is 17.5 Å². The van der Waals surface area contributed by atoms with E-state index in [9.17, 15) is 0 Å². The van der Waals surface area contributed by atoms with Crippen LogP contribution in [0.2, 0.25) is 0 Å². The van der Waals surface area contributed by atoms with E-state index in [1.807, 2.05) is 19.2 Å². The van der Waals surface area contributed by atoms with Crippen LogP contribution < -0.4 is 14.8 Å². The molecule has 0 bridgehead atoms. The van der Waals surface area contributed by atoms with Crippen molar-refractivity contribution >= 4 is 5.96 Å². The van der Waals surface area contributed by atoms with E-state index in [2.05, 4.69) is 35.1 Å². The Balaban J connectivity index is 1.61. The van der Waals surface area contributed by atoms with Crippen LogP contribution in [0.4, 0.5) is 0 Å². The Labute approximate surface area is 126 Å². The highest BCUT2D eigenvalue weighted by atomic mass is 16.7. The van der Waals surface area contributed by atoms with E-state index in [4.69, 9.17) is 9.47 Å². The molecule has 21 heavy (non-hydrogen) atoms. The molecule has 0 amide bonds. The molecule has 0 saturated carbocycles. The first-order chi connectivity index (χ1) is 10.1. The van der Waals surface area contributed by atoms with Crippen LogP contribution in [-0.2, 0) is 6.54 Å². The number of ether oxygens (including phenoxy) is 2. The third-order valence-corrected chi connectivity index (χ3v) is 4.08. The van der Waals surface area contributed by atoms with E-state index in [0.717, 1.165) is 37.1 Å². The fraction of sp³-hybridized carbons (Fsp3) is 0.562. The van der Waals surface area contributed by atoms with Gasteiger partial charge in [-0.05, 0) is 29.5 Å². The Hall–Kier alpha value is -1.91. The minimum atomic E-state index is 0.316. The molecule has 1 fully saturated rings. The summed E-state index contributed by atoms with van der Waals surface area (Å²) in [6.07, 6.45) is 1.21. The molecule has 1 saturated heterocycles. The van der Waals surface area contributed by atoms with Crippen molar-refractivity contribution < 1.29 is 9.47 Å². The van der Waals surface area contributed by atoms with Crippen LogP contribution >= 0.6 is 0 Å². The molecule has 5 nitrogen and oxygen atoms in total. The number of likely N-dealkylation sites (tertiary alicyclic amines) is 1. The van der Waals surface area contributed by atoms with Gasteiger partial charge in [-0.25, -0.2) is 0 Å². The van der Waals surface area contributed by atoms with Gasteiger partial charge in [0.25, 0.3) is 0 Å². The highest BCUT2D eigenvalue weighted by molar-refractivity contribution is 5.80. The summed E-state index contributed by atoms with van der Waals surface area (Å²) in [5.74, 6) is 2.62. The van der Waals surface area contributed by atoms with Gasteiger partial charge in [-0.1, -0.05) is 19.9 Å². The molecule has 3 rings (SSSR count).